The molecule has 0 N–H and O–H groups in total. The molecule has 1 saturated heterocycles. The number of ether oxygens (including phenoxy) is 1. The van der Waals surface area contributed by atoms with E-state index in [1.54, 1.807) is 11.0 Å². The molecule has 6 nitrogen and oxygen atoms in total. The highest BCUT2D eigenvalue weighted by Gasteiger charge is 2.26. The molecule has 0 spiro atoms. The van der Waals surface area contributed by atoms with Crippen LogP contribution in [0.25, 0.3) is 0 Å². The Bertz CT molecular complexity index is 675. The number of morpholine rings is 1. The van der Waals surface area contributed by atoms with Gasteiger partial charge >= 0.3 is 0 Å². The number of amides is 1. The fourth-order valence-corrected chi connectivity index (χ4v) is 3.61. The van der Waals surface area contributed by atoms with Crippen LogP contribution in [0.1, 0.15) is 17.3 Å². The van der Waals surface area contributed by atoms with Crippen LogP contribution in [0.4, 0.5) is 0 Å². The molecule has 1 atom stereocenters. The molecule has 22 heavy (non-hydrogen) atoms. The Balaban J connectivity index is 2.35. The molecular weight excluding hydrogens is 328 g/mol. The van der Waals surface area contributed by atoms with E-state index in [4.69, 9.17) is 16.3 Å². The molecule has 2 rings (SSSR count). The third kappa shape index (κ3) is 3.43. The molecular formula is C14H19ClN2O4S. The second-order valence-electron chi connectivity index (χ2n) is 5.37. The van der Waals surface area contributed by atoms with Crippen molar-refractivity contribution < 1.29 is 17.9 Å². The zero-order valence-electron chi connectivity index (χ0n) is 12.7. The monoisotopic (exact) mass is 346 g/mol. The van der Waals surface area contributed by atoms with Gasteiger partial charge < -0.3 is 9.64 Å². The van der Waals surface area contributed by atoms with Crippen molar-refractivity contribution in [2.75, 3.05) is 33.8 Å². The van der Waals surface area contributed by atoms with E-state index < -0.39 is 10.0 Å². The standard InChI is InChI=1S/C14H19ClN2O4S/c1-10-9-17(6-7-21-10)14(18)11-4-5-12(15)13(8-11)22(19,20)16(2)3/h4-5,8,10H,6-7,9H2,1-3H3/t10-/m1/s1. The summed E-state index contributed by atoms with van der Waals surface area (Å²) in [5.41, 5.74) is 0.305. The van der Waals surface area contributed by atoms with E-state index in [0.717, 1.165) is 4.31 Å². The number of hydrogen-bond donors (Lipinski definition) is 0. The summed E-state index contributed by atoms with van der Waals surface area (Å²) in [5, 5.41) is 0.0978. The summed E-state index contributed by atoms with van der Waals surface area (Å²) in [4.78, 5) is 14.1. The van der Waals surface area contributed by atoms with Gasteiger partial charge in [0.2, 0.25) is 10.0 Å². The normalized spacial score (nSPS) is 19.5. The first-order valence-electron chi connectivity index (χ1n) is 6.86. The van der Waals surface area contributed by atoms with Gasteiger partial charge in [0.1, 0.15) is 4.90 Å². The van der Waals surface area contributed by atoms with Crippen molar-refractivity contribution in [1.82, 2.24) is 9.21 Å². The Morgan fingerprint density at radius 3 is 2.68 bits per heavy atom. The van der Waals surface area contributed by atoms with Gasteiger partial charge in [-0.15, -0.1) is 0 Å². The first-order chi connectivity index (χ1) is 10.2. The molecule has 1 amide bonds. The third-order valence-corrected chi connectivity index (χ3v) is 5.76. The lowest BCUT2D eigenvalue weighted by Crippen LogP contribution is -2.44. The molecule has 0 radical (unpaired) electrons. The maximum Gasteiger partial charge on any atom is 0.254 e. The summed E-state index contributed by atoms with van der Waals surface area (Å²) in [6, 6.07) is 4.31. The highest BCUT2D eigenvalue weighted by Crippen LogP contribution is 2.25. The van der Waals surface area contributed by atoms with Gasteiger partial charge in [-0.25, -0.2) is 12.7 Å². The Hall–Kier alpha value is -1.15. The second-order valence-corrected chi connectivity index (χ2v) is 7.89. The summed E-state index contributed by atoms with van der Waals surface area (Å²) in [6.07, 6.45) is -0.0324. The predicted molar refractivity (Wildman–Crippen MR) is 83.6 cm³/mol. The zero-order chi connectivity index (χ0) is 16.5. The van der Waals surface area contributed by atoms with E-state index in [2.05, 4.69) is 0 Å². The molecule has 8 heteroatoms. The van der Waals surface area contributed by atoms with Crippen LogP contribution in [0.2, 0.25) is 5.02 Å². The van der Waals surface area contributed by atoms with Crippen molar-refractivity contribution in [3.05, 3.63) is 28.8 Å². The SMILES string of the molecule is C[C@@H]1CN(C(=O)c2ccc(Cl)c(S(=O)(=O)N(C)C)c2)CCO1. The van der Waals surface area contributed by atoms with Gasteiger partial charge in [0.25, 0.3) is 5.91 Å². The number of sulfonamides is 1. The molecule has 122 valence electrons. The molecule has 0 bridgehead atoms. The van der Waals surface area contributed by atoms with Crippen LogP contribution in [-0.4, -0.2) is 63.4 Å². The third-order valence-electron chi connectivity index (χ3n) is 3.47. The van der Waals surface area contributed by atoms with Gasteiger partial charge in [-0.2, -0.15) is 0 Å². The summed E-state index contributed by atoms with van der Waals surface area (Å²) in [6.45, 7) is 3.34. The summed E-state index contributed by atoms with van der Waals surface area (Å²) in [7, 11) is -0.858. The fourth-order valence-electron chi connectivity index (χ4n) is 2.22. The largest absolute Gasteiger partial charge is 0.375 e. The van der Waals surface area contributed by atoms with Crippen LogP contribution in [-0.2, 0) is 14.8 Å². The fraction of sp³-hybridized carbons (Fsp3) is 0.500. The highest BCUT2D eigenvalue weighted by molar-refractivity contribution is 7.89. The van der Waals surface area contributed by atoms with E-state index in [9.17, 15) is 13.2 Å². The number of carbonyl (C=O) groups is 1. The van der Waals surface area contributed by atoms with Crippen molar-refractivity contribution in [3.63, 3.8) is 0 Å². The average molecular weight is 347 g/mol. The van der Waals surface area contributed by atoms with E-state index in [1.165, 1.54) is 26.2 Å². The van der Waals surface area contributed by atoms with Crippen molar-refractivity contribution in [3.8, 4) is 0 Å². The molecule has 1 aliphatic heterocycles. The lowest BCUT2D eigenvalue weighted by atomic mass is 10.2. The lowest BCUT2D eigenvalue weighted by molar-refractivity contribution is -0.0124. The predicted octanol–water partition coefficient (Wildman–Crippen LogP) is 1.45. The molecule has 1 aromatic carbocycles. The Morgan fingerprint density at radius 2 is 2.09 bits per heavy atom. The van der Waals surface area contributed by atoms with E-state index in [1.807, 2.05) is 6.92 Å². The van der Waals surface area contributed by atoms with Crippen molar-refractivity contribution in [2.45, 2.75) is 17.9 Å². The average Bonchev–Trinajstić information content (AvgIpc) is 2.46. The number of halogens is 1. The highest BCUT2D eigenvalue weighted by atomic mass is 35.5. The zero-order valence-corrected chi connectivity index (χ0v) is 14.3. The molecule has 1 aliphatic rings. The van der Waals surface area contributed by atoms with Gasteiger partial charge in [0, 0.05) is 32.7 Å². The molecule has 1 aromatic rings. The van der Waals surface area contributed by atoms with Gasteiger partial charge in [-0.1, -0.05) is 11.6 Å². The van der Waals surface area contributed by atoms with Gasteiger partial charge in [0.15, 0.2) is 0 Å². The van der Waals surface area contributed by atoms with Gasteiger partial charge in [0.05, 0.1) is 17.7 Å². The summed E-state index contributed by atoms with van der Waals surface area (Å²) < 4.78 is 31.0. The van der Waals surface area contributed by atoms with Crippen LogP contribution < -0.4 is 0 Å². The summed E-state index contributed by atoms with van der Waals surface area (Å²) >= 11 is 5.99. The molecule has 0 aromatic heterocycles. The first kappa shape index (κ1) is 17.2. The minimum absolute atomic E-state index is 0.0324. The molecule has 1 fully saturated rings. The van der Waals surface area contributed by atoms with Crippen LogP contribution in [0.5, 0.6) is 0 Å². The number of nitrogens with zero attached hydrogens (tertiary/aromatic N) is 2. The molecule has 0 unspecified atom stereocenters. The minimum atomic E-state index is -3.70. The lowest BCUT2D eigenvalue weighted by Gasteiger charge is -2.31. The second kappa shape index (κ2) is 6.54. The summed E-state index contributed by atoms with van der Waals surface area (Å²) in [5.74, 6) is -0.220. The van der Waals surface area contributed by atoms with E-state index in [0.29, 0.717) is 25.3 Å². The maximum atomic E-state index is 12.5. The number of carbonyl (C=O) groups excluding carboxylic acids is 1. The Labute approximate surface area is 135 Å². The number of benzene rings is 1. The van der Waals surface area contributed by atoms with E-state index in [-0.39, 0.29) is 21.9 Å². The minimum Gasteiger partial charge on any atom is -0.375 e. The van der Waals surface area contributed by atoms with Crippen LogP contribution in [0.3, 0.4) is 0 Å². The topological polar surface area (TPSA) is 66.9 Å². The van der Waals surface area contributed by atoms with Gasteiger partial charge in [-0.3, -0.25) is 4.79 Å². The van der Waals surface area contributed by atoms with Crippen molar-refractivity contribution in [2.24, 2.45) is 0 Å². The Kier molecular flexibility index (Phi) is 5.11. The van der Waals surface area contributed by atoms with Crippen molar-refractivity contribution in [1.29, 1.82) is 0 Å². The van der Waals surface area contributed by atoms with Crippen LogP contribution in [0, 0.1) is 0 Å². The molecule has 0 saturated carbocycles. The quantitative estimate of drug-likeness (QED) is 0.830. The van der Waals surface area contributed by atoms with Gasteiger partial charge in [-0.05, 0) is 25.1 Å². The molecule has 1 heterocycles. The first-order valence-corrected chi connectivity index (χ1v) is 8.68. The Morgan fingerprint density at radius 1 is 1.41 bits per heavy atom. The number of rotatable bonds is 3. The van der Waals surface area contributed by atoms with Crippen LogP contribution in [0.15, 0.2) is 23.1 Å². The maximum absolute atomic E-state index is 12.5. The molecule has 0 aliphatic carbocycles. The smallest absolute Gasteiger partial charge is 0.254 e. The number of hydrogen-bond acceptors (Lipinski definition) is 4. The van der Waals surface area contributed by atoms with Crippen molar-refractivity contribution >= 4 is 27.5 Å². The van der Waals surface area contributed by atoms with Crippen LogP contribution >= 0.6 is 11.6 Å². The van der Waals surface area contributed by atoms with E-state index >= 15 is 0 Å².